The number of amides is 1. The minimum absolute atomic E-state index is 0.104. The van der Waals surface area contributed by atoms with E-state index < -0.39 is 6.36 Å². The number of aliphatic imine (C=N–C) groups is 1. The van der Waals surface area contributed by atoms with Gasteiger partial charge in [-0.2, -0.15) is 0 Å². The smallest absolute Gasteiger partial charge is 0.459 e. The summed E-state index contributed by atoms with van der Waals surface area (Å²) in [4.78, 5) is 15.9. The summed E-state index contributed by atoms with van der Waals surface area (Å²) in [6, 6.07) is 6.79. The van der Waals surface area contributed by atoms with Crippen molar-refractivity contribution in [1.29, 1.82) is 0 Å². The molecule has 0 spiro atoms. The number of benzene rings is 1. The van der Waals surface area contributed by atoms with Crippen LogP contribution < -0.4 is 21.1 Å². The fourth-order valence-corrected chi connectivity index (χ4v) is 2.09. The first-order valence-corrected chi connectivity index (χ1v) is 7.99. The van der Waals surface area contributed by atoms with Crippen molar-refractivity contribution in [3.8, 4) is 5.75 Å². The lowest BCUT2D eigenvalue weighted by Crippen LogP contribution is -2.26. The zero-order valence-electron chi connectivity index (χ0n) is 14.5. The minimum Gasteiger partial charge on any atom is -0.459 e. The van der Waals surface area contributed by atoms with Crippen LogP contribution in [0.25, 0.3) is 0 Å². The van der Waals surface area contributed by atoms with E-state index in [-0.39, 0.29) is 23.4 Å². The number of carbonyl (C=O) groups is 1. The van der Waals surface area contributed by atoms with Crippen LogP contribution in [0.1, 0.15) is 22.5 Å². The average Bonchev–Trinajstić information content (AvgIpc) is 3.01. The predicted molar refractivity (Wildman–Crippen MR) is 93.6 cm³/mol. The van der Waals surface area contributed by atoms with Crippen molar-refractivity contribution >= 4 is 17.6 Å². The highest BCUT2D eigenvalue weighted by atomic mass is 19.4. The van der Waals surface area contributed by atoms with Gasteiger partial charge in [0.2, 0.25) is 0 Å². The number of nitrogens with zero attached hydrogens (tertiary/aromatic N) is 1. The van der Waals surface area contributed by atoms with Gasteiger partial charge in [0.25, 0.3) is 5.91 Å². The van der Waals surface area contributed by atoms with Gasteiger partial charge < -0.3 is 25.5 Å². The summed E-state index contributed by atoms with van der Waals surface area (Å²) < 4.78 is 45.1. The molecule has 1 aromatic heterocycles. The van der Waals surface area contributed by atoms with E-state index in [2.05, 4.69) is 20.4 Å². The van der Waals surface area contributed by atoms with Crippen LogP contribution in [0.5, 0.6) is 5.75 Å². The Hall–Kier alpha value is -3.17. The zero-order valence-corrected chi connectivity index (χ0v) is 14.5. The summed E-state index contributed by atoms with van der Waals surface area (Å²) >= 11 is 0. The van der Waals surface area contributed by atoms with Gasteiger partial charge in [0.15, 0.2) is 11.7 Å². The molecule has 7 nitrogen and oxygen atoms in total. The van der Waals surface area contributed by atoms with Gasteiger partial charge in [-0.15, -0.1) is 13.2 Å². The number of rotatable bonds is 7. The number of aryl methyl sites for hydroxylation is 1. The van der Waals surface area contributed by atoms with Crippen molar-refractivity contribution in [1.82, 2.24) is 5.32 Å². The van der Waals surface area contributed by atoms with Crippen molar-refractivity contribution in [2.24, 2.45) is 10.7 Å². The monoisotopic (exact) mass is 384 g/mol. The van der Waals surface area contributed by atoms with Crippen LogP contribution in [-0.2, 0) is 0 Å². The van der Waals surface area contributed by atoms with Gasteiger partial charge in [0.1, 0.15) is 5.75 Å². The molecule has 0 saturated heterocycles. The average molecular weight is 384 g/mol. The highest BCUT2D eigenvalue weighted by molar-refractivity contribution is 5.93. The van der Waals surface area contributed by atoms with Gasteiger partial charge in [-0.3, -0.25) is 9.79 Å². The number of anilines is 1. The van der Waals surface area contributed by atoms with E-state index in [1.54, 1.807) is 13.0 Å². The Balaban J connectivity index is 1.71. The molecule has 0 aliphatic rings. The van der Waals surface area contributed by atoms with E-state index in [4.69, 9.17) is 10.2 Å². The van der Waals surface area contributed by atoms with Gasteiger partial charge in [-0.1, -0.05) is 0 Å². The Labute approximate surface area is 153 Å². The van der Waals surface area contributed by atoms with Gasteiger partial charge >= 0.3 is 6.36 Å². The van der Waals surface area contributed by atoms with Crippen LogP contribution in [0.3, 0.4) is 0 Å². The molecule has 0 radical (unpaired) electrons. The molecule has 1 heterocycles. The maximum atomic E-state index is 12.1. The number of nitrogens with two attached hydrogens (primary N) is 1. The third-order valence-corrected chi connectivity index (χ3v) is 3.33. The van der Waals surface area contributed by atoms with Crippen molar-refractivity contribution in [2.75, 3.05) is 18.4 Å². The SMILES string of the molecule is Cc1ccoc1C(=O)NCCCN=C(N)Nc1ccc(OC(F)(F)F)cc1. The molecule has 0 aliphatic carbocycles. The lowest BCUT2D eigenvalue weighted by molar-refractivity contribution is -0.274. The van der Waals surface area contributed by atoms with Crippen molar-refractivity contribution in [2.45, 2.75) is 19.7 Å². The minimum atomic E-state index is -4.74. The van der Waals surface area contributed by atoms with E-state index >= 15 is 0 Å². The molecular formula is C17H19F3N4O3. The molecule has 146 valence electrons. The number of alkyl halides is 3. The van der Waals surface area contributed by atoms with Gasteiger partial charge in [0, 0.05) is 24.3 Å². The maximum absolute atomic E-state index is 12.1. The summed E-state index contributed by atoms with van der Waals surface area (Å²) in [5.74, 6) is -0.245. The first kappa shape index (κ1) is 20.1. The molecule has 1 aromatic carbocycles. The van der Waals surface area contributed by atoms with Crippen LogP contribution in [0.4, 0.5) is 18.9 Å². The summed E-state index contributed by atoms with van der Waals surface area (Å²) in [5, 5.41) is 5.46. The normalized spacial score (nSPS) is 11.9. The largest absolute Gasteiger partial charge is 0.573 e. The standard InChI is InChI=1S/C17H19F3N4O3/c1-11-7-10-26-14(11)15(25)22-8-2-9-23-16(21)24-12-3-5-13(6-4-12)27-17(18,19)20/h3-7,10H,2,8-9H2,1H3,(H,22,25)(H3,21,23,24). The fourth-order valence-electron chi connectivity index (χ4n) is 2.09. The quantitative estimate of drug-likeness (QED) is 0.387. The third-order valence-electron chi connectivity index (χ3n) is 3.33. The Morgan fingerprint density at radius 3 is 2.56 bits per heavy atom. The second-order valence-electron chi connectivity index (χ2n) is 5.51. The van der Waals surface area contributed by atoms with Crippen LogP contribution in [0, 0.1) is 6.92 Å². The van der Waals surface area contributed by atoms with Crippen LogP contribution in [0.15, 0.2) is 46.0 Å². The first-order chi connectivity index (χ1) is 12.7. The number of ether oxygens (including phenoxy) is 1. The second-order valence-corrected chi connectivity index (χ2v) is 5.51. The molecule has 0 saturated carbocycles. The zero-order chi connectivity index (χ0) is 19.9. The summed E-state index contributed by atoms with van der Waals surface area (Å²) in [7, 11) is 0. The molecule has 1 amide bonds. The number of hydrogen-bond donors (Lipinski definition) is 3. The highest BCUT2D eigenvalue weighted by Crippen LogP contribution is 2.23. The number of guanidine groups is 1. The molecule has 0 aliphatic heterocycles. The van der Waals surface area contributed by atoms with Crippen LogP contribution >= 0.6 is 0 Å². The third kappa shape index (κ3) is 6.92. The van der Waals surface area contributed by atoms with Crippen LogP contribution in [-0.4, -0.2) is 31.3 Å². The van der Waals surface area contributed by atoms with Gasteiger partial charge in [-0.05, 0) is 43.7 Å². The molecule has 2 rings (SSSR count). The van der Waals surface area contributed by atoms with E-state index in [0.717, 1.165) is 17.7 Å². The van der Waals surface area contributed by atoms with E-state index in [9.17, 15) is 18.0 Å². The molecule has 4 N–H and O–H groups in total. The maximum Gasteiger partial charge on any atom is 0.573 e. The van der Waals surface area contributed by atoms with E-state index in [1.807, 2.05) is 0 Å². The number of hydrogen-bond acceptors (Lipinski definition) is 4. The summed E-state index contributed by atoms with van der Waals surface area (Å²) in [5.41, 5.74) is 6.93. The Kier molecular flexibility index (Phi) is 6.69. The lowest BCUT2D eigenvalue weighted by Gasteiger charge is -2.10. The highest BCUT2D eigenvalue weighted by Gasteiger charge is 2.30. The summed E-state index contributed by atoms with van der Waals surface area (Å²) in [6.45, 7) is 2.52. The van der Waals surface area contributed by atoms with Crippen molar-refractivity contribution in [3.05, 3.63) is 47.9 Å². The molecule has 0 atom stereocenters. The number of furan rings is 1. The first-order valence-electron chi connectivity index (χ1n) is 7.99. The van der Waals surface area contributed by atoms with E-state index in [0.29, 0.717) is 25.2 Å². The lowest BCUT2D eigenvalue weighted by atomic mass is 10.2. The molecule has 10 heteroatoms. The molecule has 0 unspecified atom stereocenters. The van der Waals surface area contributed by atoms with Gasteiger partial charge in [0.05, 0.1) is 6.26 Å². The molecule has 2 aromatic rings. The predicted octanol–water partition coefficient (Wildman–Crippen LogP) is 3.03. The Morgan fingerprint density at radius 2 is 1.96 bits per heavy atom. The Bertz CT molecular complexity index is 785. The molecule has 27 heavy (non-hydrogen) atoms. The Morgan fingerprint density at radius 1 is 1.26 bits per heavy atom. The van der Waals surface area contributed by atoms with E-state index in [1.165, 1.54) is 18.4 Å². The number of carbonyl (C=O) groups excluding carboxylic acids is 1. The topological polar surface area (TPSA) is 102 Å². The summed E-state index contributed by atoms with van der Waals surface area (Å²) in [6.07, 6.45) is -2.74. The number of nitrogens with one attached hydrogen (secondary N) is 2. The molecule has 0 fully saturated rings. The number of halogens is 3. The molecule has 0 bridgehead atoms. The van der Waals surface area contributed by atoms with Crippen molar-refractivity contribution in [3.63, 3.8) is 0 Å². The second kappa shape index (κ2) is 8.97. The van der Waals surface area contributed by atoms with Crippen LogP contribution in [0.2, 0.25) is 0 Å². The van der Waals surface area contributed by atoms with Crippen molar-refractivity contribution < 1.29 is 27.1 Å². The molecular weight excluding hydrogens is 365 g/mol. The van der Waals surface area contributed by atoms with Gasteiger partial charge in [-0.25, -0.2) is 0 Å². The fraction of sp³-hybridized carbons (Fsp3) is 0.294.